The number of hydrogen-bond acceptors (Lipinski definition) is 6. The van der Waals surface area contributed by atoms with Gasteiger partial charge >= 0.3 is 6.09 Å². The fraction of sp³-hybridized carbons (Fsp3) is 0.818. The molecule has 0 aromatic rings. The van der Waals surface area contributed by atoms with E-state index in [-0.39, 0.29) is 35.4 Å². The predicted octanol–water partition coefficient (Wildman–Crippen LogP) is 3.40. The van der Waals surface area contributed by atoms with Crippen LogP contribution in [0, 0.1) is 11.3 Å². The van der Waals surface area contributed by atoms with Crippen LogP contribution in [0.1, 0.15) is 68.2 Å². The lowest BCUT2D eigenvalue weighted by molar-refractivity contribution is -0.139. The van der Waals surface area contributed by atoms with E-state index in [9.17, 15) is 14.7 Å². The monoisotopic (exact) mass is 409 g/mol. The lowest BCUT2D eigenvalue weighted by Gasteiger charge is -2.41. The fourth-order valence-electron chi connectivity index (χ4n) is 5.07. The SMILES string of the molecule is CC(C)OC1=C(OC(C)C)C2(O)C3C(CCN3C(=O)OC(C)(C)C)CC2(C)C1=O. The molecule has 1 amide bonds. The van der Waals surface area contributed by atoms with Crippen molar-refractivity contribution in [3.05, 3.63) is 11.5 Å². The number of allylic oxidation sites excluding steroid dienone is 1. The maximum Gasteiger partial charge on any atom is 0.410 e. The van der Waals surface area contributed by atoms with Crippen LogP contribution in [-0.4, -0.2) is 57.9 Å². The topological polar surface area (TPSA) is 85.3 Å². The largest absolute Gasteiger partial charge is 0.488 e. The van der Waals surface area contributed by atoms with Crippen LogP contribution in [0.25, 0.3) is 0 Å². The Labute approximate surface area is 173 Å². The summed E-state index contributed by atoms with van der Waals surface area (Å²) < 4.78 is 17.5. The molecule has 2 aliphatic carbocycles. The molecule has 1 aliphatic heterocycles. The highest BCUT2D eigenvalue weighted by Crippen LogP contribution is 2.63. The molecule has 3 rings (SSSR count). The summed E-state index contributed by atoms with van der Waals surface area (Å²) >= 11 is 0. The third kappa shape index (κ3) is 3.31. The van der Waals surface area contributed by atoms with Crippen LogP contribution >= 0.6 is 0 Å². The Morgan fingerprint density at radius 2 is 1.76 bits per heavy atom. The van der Waals surface area contributed by atoms with E-state index < -0.39 is 28.8 Å². The van der Waals surface area contributed by atoms with E-state index in [1.165, 1.54) is 0 Å². The highest BCUT2D eigenvalue weighted by atomic mass is 16.6. The molecule has 4 atom stereocenters. The van der Waals surface area contributed by atoms with Gasteiger partial charge in [-0.15, -0.1) is 0 Å². The Balaban J connectivity index is 2.08. The number of carbonyl (C=O) groups is 2. The molecule has 2 fully saturated rings. The van der Waals surface area contributed by atoms with E-state index in [1.807, 2.05) is 48.5 Å². The van der Waals surface area contributed by atoms with Gasteiger partial charge in [0.05, 0.1) is 23.7 Å². The van der Waals surface area contributed by atoms with Gasteiger partial charge in [0.1, 0.15) is 5.60 Å². The second kappa shape index (κ2) is 6.89. The summed E-state index contributed by atoms with van der Waals surface area (Å²) in [5.74, 6) is 0.000525. The Bertz CT molecular complexity index is 736. The number of ether oxygens (including phenoxy) is 3. The zero-order valence-electron chi connectivity index (χ0n) is 18.9. The molecular formula is C22H35NO6. The Morgan fingerprint density at radius 3 is 2.28 bits per heavy atom. The quantitative estimate of drug-likeness (QED) is 0.766. The van der Waals surface area contributed by atoms with Gasteiger partial charge in [-0.3, -0.25) is 4.79 Å². The summed E-state index contributed by atoms with van der Waals surface area (Å²) in [6.45, 7) is 15.0. The van der Waals surface area contributed by atoms with Crippen LogP contribution in [0.2, 0.25) is 0 Å². The first kappa shape index (κ1) is 21.9. The smallest absolute Gasteiger partial charge is 0.410 e. The molecule has 1 heterocycles. The van der Waals surface area contributed by atoms with Crippen molar-refractivity contribution >= 4 is 11.9 Å². The Kier molecular flexibility index (Phi) is 5.22. The number of Topliss-reactive ketones (excluding diaryl/α,β-unsaturated/α-hetero) is 1. The van der Waals surface area contributed by atoms with Gasteiger partial charge in [-0.2, -0.15) is 0 Å². The predicted molar refractivity (Wildman–Crippen MR) is 107 cm³/mol. The highest BCUT2D eigenvalue weighted by molar-refractivity contribution is 6.04. The zero-order chi connectivity index (χ0) is 21.9. The van der Waals surface area contributed by atoms with Crippen molar-refractivity contribution < 1.29 is 28.9 Å². The molecule has 7 nitrogen and oxygen atoms in total. The minimum atomic E-state index is -1.64. The Morgan fingerprint density at radius 1 is 1.17 bits per heavy atom. The molecule has 1 saturated carbocycles. The molecule has 3 aliphatic rings. The summed E-state index contributed by atoms with van der Waals surface area (Å²) in [5, 5.41) is 12.1. The second-order valence-electron chi connectivity index (χ2n) is 10.3. The van der Waals surface area contributed by atoms with E-state index in [2.05, 4.69) is 0 Å². The number of amides is 1. The molecule has 164 valence electrons. The summed E-state index contributed by atoms with van der Waals surface area (Å²) in [6.07, 6.45) is 0.210. The van der Waals surface area contributed by atoms with Crippen LogP contribution < -0.4 is 0 Å². The number of ketones is 1. The van der Waals surface area contributed by atoms with Crippen molar-refractivity contribution in [2.75, 3.05) is 6.54 Å². The maximum absolute atomic E-state index is 13.4. The number of nitrogens with zero attached hydrogens (tertiary/aromatic N) is 1. The molecule has 1 N–H and O–H groups in total. The summed E-state index contributed by atoms with van der Waals surface area (Å²) in [4.78, 5) is 27.9. The molecule has 0 aromatic heterocycles. The van der Waals surface area contributed by atoms with Gasteiger partial charge in [-0.05, 0) is 74.1 Å². The van der Waals surface area contributed by atoms with Crippen LogP contribution in [0.4, 0.5) is 4.79 Å². The van der Waals surface area contributed by atoms with Crippen molar-refractivity contribution in [2.45, 2.75) is 97.7 Å². The number of aliphatic hydroxyl groups is 1. The number of rotatable bonds is 4. The number of likely N-dealkylation sites (tertiary alicyclic amines) is 1. The first-order chi connectivity index (χ1) is 13.2. The van der Waals surface area contributed by atoms with Gasteiger partial charge < -0.3 is 24.2 Å². The lowest BCUT2D eigenvalue weighted by Crippen LogP contribution is -2.58. The summed E-state index contributed by atoms with van der Waals surface area (Å²) in [5.41, 5.74) is -3.39. The third-order valence-electron chi connectivity index (χ3n) is 6.06. The van der Waals surface area contributed by atoms with Crippen molar-refractivity contribution in [1.82, 2.24) is 4.90 Å². The van der Waals surface area contributed by atoms with Crippen molar-refractivity contribution in [1.29, 1.82) is 0 Å². The summed E-state index contributed by atoms with van der Waals surface area (Å²) in [6, 6.07) is -0.590. The minimum absolute atomic E-state index is 0.00664. The van der Waals surface area contributed by atoms with E-state index >= 15 is 0 Å². The van der Waals surface area contributed by atoms with Gasteiger partial charge in [0, 0.05) is 6.54 Å². The van der Waals surface area contributed by atoms with Crippen molar-refractivity contribution in [3.8, 4) is 0 Å². The van der Waals surface area contributed by atoms with E-state index in [0.717, 1.165) is 0 Å². The van der Waals surface area contributed by atoms with Crippen molar-refractivity contribution in [3.63, 3.8) is 0 Å². The first-order valence-corrected chi connectivity index (χ1v) is 10.6. The molecular weight excluding hydrogens is 374 g/mol. The molecule has 4 unspecified atom stereocenters. The molecule has 0 bridgehead atoms. The average molecular weight is 410 g/mol. The fourth-order valence-corrected chi connectivity index (χ4v) is 5.07. The number of fused-ring (bicyclic) bond motifs is 3. The van der Waals surface area contributed by atoms with Crippen LogP contribution in [0.15, 0.2) is 11.5 Å². The van der Waals surface area contributed by atoms with Crippen LogP contribution in [0.3, 0.4) is 0 Å². The van der Waals surface area contributed by atoms with Crippen LogP contribution in [0.5, 0.6) is 0 Å². The Hall–Kier alpha value is -1.76. The molecule has 0 aromatic carbocycles. The van der Waals surface area contributed by atoms with Gasteiger partial charge in [0.15, 0.2) is 11.4 Å². The number of hydrogen-bond donors (Lipinski definition) is 1. The second-order valence-corrected chi connectivity index (χ2v) is 10.3. The molecule has 7 heteroatoms. The lowest BCUT2D eigenvalue weighted by atomic mass is 9.75. The van der Waals surface area contributed by atoms with Crippen molar-refractivity contribution in [2.24, 2.45) is 11.3 Å². The number of carbonyl (C=O) groups excluding carboxylic acids is 2. The van der Waals surface area contributed by atoms with E-state index in [4.69, 9.17) is 14.2 Å². The normalized spacial score (nSPS) is 34.2. The third-order valence-corrected chi connectivity index (χ3v) is 6.06. The minimum Gasteiger partial charge on any atom is -0.488 e. The maximum atomic E-state index is 13.4. The highest BCUT2D eigenvalue weighted by Gasteiger charge is 2.75. The molecule has 0 radical (unpaired) electrons. The molecule has 29 heavy (non-hydrogen) atoms. The van der Waals surface area contributed by atoms with E-state index in [1.54, 1.807) is 11.8 Å². The standard InChI is InChI=1S/C22H35NO6/c1-12(2)27-15-17(24)21(8)11-14-9-10-23(19(25)29-20(5,6)7)16(14)22(21,26)18(15)28-13(3)4/h12-14,16,26H,9-11H2,1-8H3. The van der Waals surface area contributed by atoms with Gasteiger partial charge in [0.25, 0.3) is 0 Å². The molecule has 0 spiro atoms. The van der Waals surface area contributed by atoms with Gasteiger partial charge in [-0.1, -0.05) is 0 Å². The average Bonchev–Trinajstić information content (AvgIpc) is 3.10. The van der Waals surface area contributed by atoms with Crippen LogP contribution in [-0.2, 0) is 19.0 Å². The van der Waals surface area contributed by atoms with Gasteiger partial charge in [0.2, 0.25) is 11.5 Å². The molecule has 1 saturated heterocycles. The zero-order valence-corrected chi connectivity index (χ0v) is 18.9. The van der Waals surface area contributed by atoms with E-state index in [0.29, 0.717) is 19.4 Å². The van der Waals surface area contributed by atoms with Gasteiger partial charge in [-0.25, -0.2) is 4.79 Å². The first-order valence-electron chi connectivity index (χ1n) is 10.6. The summed E-state index contributed by atoms with van der Waals surface area (Å²) in [7, 11) is 0.